The molecular weight excluding hydrogens is 241 g/mol. The van der Waals surface area contributed by atoms with E-state index in [2.05, 4.69) is 4.98 Å². The van der Waals surface area contributed by atoms with Gasteiger partial charge in [-0.3, -0.25) is 4.98 Å². The van der Waals surface area contributed by atoms with Crippen LogP contribution in [0, 0.1) is 29.0 Å². The zero-order chi connectivity index (χ0) is 13.0. The maximum Gasteiger partial charge on any atom is 0.147 e. The lowest BCUT2D eigenvalue weighted by atomic mass is 9.47. The minimum Gasteiger partial charge on any atom is -0.388 e. The van der Waals surface area contributed by atoms with E-state index >= 15 is 0 Å². The van der Waals surface area contributed by atoms with Crippen LogP contribution in [0.2, 0.25) is 0 Å². The van der Waals surface area contributed by atoms with E-state index in [4.69, 9.17) is 0 Å². The van der Waals surface area contributed by atoms with Crippen molar-refractivity contribution in [3.63, 3.8) is 0 Å². The summed E-state index contributed by atoms with van der Waals surface area (Å²) in [5.41, 5.74) is 0.397. The molecule has 4 bridgehead atoms. The Morgan fingerprint density at radius 2 is 1.74 bits per heavy atom. The fourth-order valence-electron chi connectivity index (χ4n) is 5.45. The van der Waals surface area contributed by atoms with Crippen molar-refractivity contribution in [2.45, 2.75) is 44.6 Å². The molecule has 5 rings (SSSR count). The molecule has 4 saturated carbocycles. The highest BCUT2D eigenvalue weighted by atomic mass is 19.1. The molecule has 3 heteroatoms. The molecule has 1 atom stereocenters. The number of aliphatic hydroxyl groups is 1. The Bertz CT molecular complexity index is 466. The van der Waals surface area contributed by atoms with E-state index < -0.39 is 6.10 Å². The predicted octanol–water partition coefficient (Wildman–Crippen LogP) is 3.47. The van der Waals surface area contributed by atoms with Gasteiger partial charge in [0, 0.05) is 17.2 Å². The molecule has 102 valence electrons. The molecule has 1 heterocycles. The fourth-order valence-corrected chi connectivity index (χ4v) is 5.45. The van der Waals surface area contributed by atoms with Crippen molar-refractivity contribution in [2.24, 2.45) is 23.2 Å². The van der Waals surface area contributed by atoms with Gasteiger partial charge in [0.05, 0.1) is 12.3 Å². The highest BCUT2D eigenvalue weighted by molar-refractivity contribution is 5.20. The first-order valence-corrected chi connectivity index (χ1v) is 7.44. The van der Waals surface area contributed by atoms with Crippen LogP contribution in [0.4, 0.5) is 4.39 Å². The van der Waals surface area contributed by atoms with Crippen LogP contribution >= 0.6 is 0 Å². The maximum absolute atomic E-state index is 13.9. The van der Waals surface area contributed by atoms with Crippen molar-refractivity contribution in [1.29, 1.82) is 0 Å². The summed E-state index contributed by atoms with van der Waals surface area (Å²) in [6.45, 7) is 0. The van der Waals surface area contributed by atoms with E-state index in [1.54, 1.807) is 12.3 Å². The number of hydrogen-bond acceptors (Lipinski definition) is 2. The zero-order valence-corrected chi connectivity index (χ0v) is 11.1. The van der Waals surface area contributed by atoms with Crippen molar-refractivity contribution >= 4 is 0 Å². The molecule has 1 unspecified atom stereocenters. The number of aliphatic hydroxyl groups excluding tert-OH is 1. The molecule has 0 aliphatic heterocycles. The Morgan fingerprint density at radius 1 is 1.16 bits per heavy atom. The summed E-state index contributed by atoms with van der Waals surface area (Å²) in [4.78, 5) is 3.79. The second-order valence-corrected chi connectivity index (χ2v) is 7.08. The minimum atomic E-state index is -0.649. The van der Waals surface area contributed by atoms with Crippen molar-refractivity contribution in [1.82, 2.24) is 4.98 Å². The Labute approximate surface area is 113 Å². The predicted molar refractivity (Wildman–Crippen MR) is 69.8 cm³/mol. The van der Waals surface area contributed by atoms with Gasteiger partial charge in [-0.1, -0.05) is 0 Å². The van der Waals surface area contributed by atoms with Gasteiger partial charge in [0.2, 0.25) is 0 Å². The average Bonchev–Trinajstić information content (AvgIpc) is 2.37. The van der Waals surface area contributed by atoms with E-state index in [0.29, 0.717) is 5.56 Å². The lowest BCUT2D eigenvalue weighted by Crippen LogP contribution is -2.49. The Balaban J connectivity index is 1.70. The summed E-state index contributed by atoms with van der Waals surface area (Å²) in [6.07, 6.45) is 9.43. The van der Waals surface area contributed by atoms with Crippen LogP contribution in [0.25, 0.3) is 0 Å². The van der Waals surface area contributed by atoms with Crippen molar-refractivity contribution < 1.29 is 9.50 Å². The summed E-state index contributed by atoms with van der Waals surface area (Å²) < 4.78 is 13.9. The second-order valence-electron chi connectivity index (χ2n) is 7.08. The number of pyridine rings is 1. The highest BCUT2D eigenvalue weighted by Crippen LogP contribution is 2.64. The van der Waals surface area contributed by atoms with Gasteiger partial charge < -0.3 is 5.11 Å². The van der Waals surface area contributed by atoms with Crippen LogP contribution in [0.3, 0.4) is 0 Å². The first-order valence-electron chi connectivity index (χ1n) is 7.44. The van der Waals surface area contributed by atoms with Gasteiger partial charge in [-0.2, -0.15) is 0 Å². The molecular formula is C16H20FNO. The first-order chi connectivity index (χ1) is 9.16. The van der Waals surface area contributed by atoms with Crippen LogP contribution in [-0.2, 0) is 0 Å². The van der Waals surface area contributed by atoms with Gasteiger partial charge in [-0.05, 0) is 62.3 Å². The third-order valence-electron chi connectivity index (χ3n) is 5.76. The SMILES string of the molecule is OC(c1ccncc1F)C12CC3CC(CC(C3)C1)C2. The zero-order valence-electron chi connectivity index (χ0n) is 11.1. The molecule has 0 aromatic carbocycles. The van der Waals surface area contributed by atoms with E-state index in [1.165, 1.54) is 25.5 Å². The number of halogens is 1. The first kappa shape index (κ1) is 11.8. The Kier molecular flexibility index (Phi) is 2.50. The van der Waals surface area contributed by atoms with Crippen LogP contribution < -0.4 is 0 Å². The molecule has 1 aromatic heterocycles. The summed E-state index contributed by atoms with van der Waals surface area (Å²) in [5, 5.41) is 10.8. The van der Waals surface area contributed by atoms with E-state index in [0.717, 1.165) is 37.0 Å². The molecule has 0 radical (unpaired) electrons. The number of nitrogens with zero attached hydrogens (tertiary/aromatic N) is 1. The lowest BCUT2D eigenvalue weighted by Gasteiger charge is -2.58. The molecule has 1 aromatic rings. The van der Waals surface area contributed by atoms with E-state index in [9.17, 15) is 9.50 Å². The molecule has 19 heavy (non-hydrogen) atoms. The minimum absolute atomic E-state index is 0.0586. The maximum atomic E-state index is 13.9. The van der Waals surface area contributed by atoms with Crippen LogP contribution in [0.1, 0.15) is 50.2 Å². The Morgan fingerprint density at radius 3 is 2.26 bits per heavy atom. The third-order valence-corrected chi connectivity index (χ3v) is 5.76. The van der Waals surface area contributed by atoms with Gasteiger partial charge in [0.1, 0.15) is 5.82 Å². The van der Waals surface area contributed by atoms with Crippen LogP contribution in [0.5, 0.6) is 0 Å². The summed E-state index contributed by atoms with van der Waals surface area (Å²) in [5.74, 6) is 1.95. The molecule has 0 spiro atoms. The van der Waals surface area contributed by atoms with Gasteiger partial charge in [0.15, 0.2) is 0 Å². The number of aromatic nitrogens is 1. The second kappa shape index (κ2) is 4.02. The van der Waals surface area contributed by atoms with Crippen molar-refractivity contribution in [3.8, 4) is 0 Å². The average molecular weight is 261 g/mol. The summed E-state index contributed by atoms with van der Waals surface area (Å²) in [6, 6.07) is 1.65. The monoisotopic (exact) mass is 261 g/mol. The number of hydrogen-bond donors (Lipinski definition) is 1. The van der Waals surface area contributed by atoms with E-state index in [-0.39, 0.29) is 11.2 Å². The van der Waals surface area contributed by atoms with E-state index in [1.807, 2.05) is 0 Å². The van der Waals surface area contributed by atoms with Gasteiger partial charge in [-0.25, -0.2) is 4.39 Å². The normalized spacial score (nSPS) is 41.5. The van der Waals surface area contributed by atoms with Crippen molar-refractivity contribution in [3.05, 3.63) is 29.8 Å². The molecule has 4 aliphatic rings. The van der Waals surface area contributed by atoms with Crippen molar-refractivity contribution in [2.75, 3.05) is 0 Å². The standard InChI is InChI=1S/C16H20FNO/c17-14-9-18-2-1-13(14)15(19)16-6-10-3-11(7-16)5-12(4-10)8-16/h1-2,9-12,15,19H,3-8H2. The highest BCUT2D eigenvalue weighted by Gasteiger charge is 2.54. The fraction of sp³-hybridized carbons (Fsp3) is 0.688. The van der Waals surface area contributed by atoms with Gasteiger partial charge in [0.25, 0.3) is 0 Å². The topological polar surface area (TPSA) is 33.1 Å². The molecule has 0 saturated heterocycles. The number of rotatable bonds is 2. The van der Waals surface area contributed by atoms with Crippen LogP contribution in [-0.4, -0.2) is 10.1 Å². The molecule has 1 N–H and O–H groups in total. The third kappa shape index (κ3) is 1.74. The lowest BCUT2D eigenvalue weighted by molar-refractivity contribution is -0.123. The van der Waals surface area contributed by atoms with Crippen LogP contribution in [0.15, 0.2) is 18.5 Å². The molecule has 0 amide bonds. The smallest absolute Gasteiger partial charge is 0.147 e. The molecule has 2 nitrogen and oxygen atoms in total. The largest absolute Gasteiger partial charge is 0.388 e. The molecule has 4 fully saturated rings. The molecule has 4 aliphatic carbocycles. The summed E-state index contributed by atoms with van der Waals surface area (Å²) >= 11 is 0. The Hall–Kier alpha value is -0.960. The van der Waals surface area contributed by atoms with Gasteiger partial charge in [-0.15, -0.1) is 0 Å². The van der Waals surface area contributed by atoms with Gasteiger partial charge >= 0.3 is 0 Å². The quantitative estimate of drug-likeness (QED) is 0.884. The summed E-state index contributed by atoms with van der Waals surface area (Å²) in [7, 11) is 0.